The first-order valence-corrected chi connectivity index (χ1v) is 5.33. The van der Waals surface area contributed by atoms with Crippen LogP contribution in [0, 0.1) is 0 Å². The normalized spacial score (nSPS) is 20.5. The Hall–Kier alpha value is -0.990. The van der Waals surface area contributed by atoms with E-state index in [1.165, 1.54) is 0 Å². The van der Waals surface area contributed by atoms with Gasteiger partial charge in [-0.1, -0.05) is 19.4 Å². The predicted octanol–water partition coefficient (Wildman–Crippen LogP) is 3.05. The summed E-state index contributed by atoms with van der Waals surface area (Å²) in [6.07, 6.45) is 8.39. The van der Waals surface area contributed by atoms with Gasteiger partial charge in [0.1, 0.15) is 6.10 Å². The standard InChI is InChI=1S/C11H18O3/c1-2-3-9-13-11(12)14-10-7-5-4-6-8-10/h5,7,10H,2-4,6,8-9H2,1H3. The van der Waals surface area contributed by atoms with Gasteiger partial charge in [0.2, 0.25) is 0 Å². The average molecular weight is 198 g/mol. The second kappa shape index (κ2) is 6.46. The molecule has 0 N–H and O–H groups in total. The Morgan fingerprint density at radius 2 is 2.43 bits per heavy atom. The number of rotatable bonds is 4. The highest BCUT2D eigenvalue weighted by Crippen LogP contribution is 2.13. The molecular formula is C11H18O3. The lowest BCUT2D eigenvalue weighted by molar-refractivity contribution is 0.0328. The summed E-state index contributed by atoms with van der Waals surface area (Å²) in [5.41, 5.74) is 0. The molecule has 0 spiro atoms. The average Bonchev–Trinajstić information content (AvgIpc) is 2.20. The first-order chi connectivity index (χ1) is 6.83. The maximum absolute atomic E-state index is 11.1. The fraction of sp³-hybridized carbons (Fsp3) is 0.727. The van der Waals surface area contributed by atoms with Gasteiger partial charge in [0.15, 0.2) is 0 Å². The maximum Gasteiger partial charge on any atom is 0.508 e. The predicted molar refractivity (Wildman–Crippen MR) is 54.1 cm³/mol. The van der Waals surface area contributed by atoms with E-state index < -0.39 is 6.16 Å². The summed E-state index contributed by atoms with van der Waals surface area (Å²) in [7, 11) is 0. The molecule has 0 saturated heterocycles. The Bertz CT molecular complexity index is 199. The van der Waals surface area contributed by atoms with Crippen LogP contribution in [-0.2, 0) is 9.47 Å². The number of carbonyl (C=O) groups excluding carboxylic acids is 1. The van der Waals surface area contributed by atoms with Gasteiger partial charge in [0.05, 0.1) is 6.61 Å². The molecule has 1 aliphatic carbocycles. The van der Waals surface area contributed by atoms with Crippen molar-refractivity contribution in [3.05, 3.63) is 12.2 Å². The smallest absolute Gasteiger partial charge is 0.434 e. The summed E-state index contributed by atoms with van der Waals surface area (Å²) in [5, 5.41) is 0. The molecule has 1 rings (SSSR count). The van der Waals surface area contributed by atoms with E-state index in [-0.39, 0.29) is 6.10 Å². The van der Waals surface area contributed by atoms with Crippen LogP contribution in [0.4, 0.5) is 4.79 Å². The molecule has 0 aliphatic heterocycles. The highest BCUT2D eigenvalue weighted by atomic mass is 16.7. The van der Waals surface area contributed by atoms with E-state index in [0.717, 1.165) is 32.1 Å². The maximum atomic E-state index is 11.1. The van der Waals surface area contributed by atoms with E-state index >= 15 is 0 Å². The Morgan fingerprint density at radius 1 is 1.57 bits per heavy atom. The van der Waals surface area contributed by atoms with Crippen LogP contribution in [0.2, 0.25) is 0 Å². The van der Waals surface area contributed by atoms with Crippen molar-refractivity contribution in [3.8, 4) is 0 Å². The molecule has 0 fully saturated rings. The zero-order valence-electron chi connectivity index (χ0n) is 8.70. The van der Waals surface area contributed by atoms with Crippen molar-refractivity contribution in [3.63, 3.8) is 0 Å². The molecule has 0 heterocycles. The molecule has 0 aromatic rings. The minimum atomic E-state index is -0.532. The van der Waals surface area contributed by atoms with Crippen LogP contribution in [-0.4, -0.2) is 18.9 Å². The minimum Gasteiger partial charge on any atom is -0.434 e. The Kier molecular flexibility index (Phi) is 5.12. The first kappa shape index (κ1) is 11.1. The van der Waals surface area contributed by atoms with Crippen molar-refractivity contribution in [2.45, 2.75) is 45.1 Å². The van der Waals surface area contributed by atoms with Gasteiger partial charge < -0.3 is 9.47 Å². The Balaban J connectivity index is 2.12. The second-order valence-electron chi connectivity index (χ2n) is 3.47. The molecule has 0 amide bonds. The van der Waals surface area contributed by atoms with E-state index in [1.807, 2.05) is 12.2 Å². The quantitative estimate of drug-likeness (QED) is 0.395. The number of unbranched alkanes of at least 4 members (excludes halogenated alkanes) is 1. The zero-order chi connectivity index (χ0) is 10.2. The molecule has 0 aromatic heterocycles. The summed E-state index contributed by atoms with van der Waals surface area (Å²) >= 11 is 0. The SMILES string of the molecule is CCCCOC(=O)OC1C=CCCC1. The van der Waals surface area contributed by atoms with Crippen LogP contribution in [0.5, 0.6) is 0 Å². The van der Waals surface area contributed by atoms with Crippen molar-refractivity contribution in [2.24, 2.45) is 0 Å². The largest absolute Gasteiger partial charge is 0.508 e. The van der Waals surface area contributed by atoms with E-state index in [1.54, 1.807) is 0 Å². The lowest BCUT2D eigenvalue weighted by Crippen LogP contribution is -2.18. The number of ether oxygens (including phenoxy) is 2. The minimum absolute atomic E-state index is 0.0714. The summed E-state index contributed by atoms with van der Waals surface area (Å²) in [6.45, 7) is 2.52. The van der Waals surface area contributed by atoms with Crippen molar-refractivity contribution >= 4 is 6.16 Å². The lowest BCUT2D eigenvalue weighted by atomic mass is 10.1. The molecule has 0 radical (unpaired) electrons. The molecule has 1 unspecified atom stereocenters. The van der Waals surface area contributed by atoms with Crippen LogP contribution in [0.3, 0.4) is 0 Å². The van der Waals surface area contributed by atoms with Gasteiger partial charge in [-0.3, -0.25) is 0 Å². The monoisotopic (exact) mass is 198 g/mol. The topological polar surface area (TPSA) is 35.5 Å². The van der Waals surface area contributed by atoms with E-state index in [0.29, 0.717) is 6.61 Å². The van der Waals surface area contributed by atoms with Crippen molar-refractivity contribution < 1.29 is 14.3 Å². The molecule has 0 aromatic carbocycles. The Labute approximate surface area is 85.1 Å². The summed E-state index contributed by atoms with van der Waals surface area (Å²) in [4.78, 5) is 11.1. The fourth-order valence-electron chi connectivity index (χ4n) is 1.34. The van der Waals surface area contributed by atoms with Crippen molar-refractivity contribution in [1.29, 1.82) is 0 Å². The second-order valence-corrected chi connectivity index (χ2v) is 3.47. The van der Waals surface area contributed by atoms with Crippen LogP contribution >= 0.6 is 0 Å². The van der Waals surface area contributed by atoms with Crippen LogP contribution in [0.15, 0.2) is 12.2 Å². The third kappa shape index (κ3) is 4.30. The highest BCUT2D eigenvalue weighted by Gasteiger charge is 2.14. The molecule has 14 heavy (non-hydrogen) atoms. The molecular weight excluding hydrogens is 180 g/mol. The summed E-state index contributed by atoms with van der Waals surface area (Å²) in [6, 6.07) is 0. The van der Waals surface area contributed by atoms with Crippen molar-refractivity contribution in [1.82, 2.24) is 0 Å². The van der Waals surface area contributed by atoms with Gasteiger partial charge in [-0.2, -0.15) is 0 Å². The molecule has 80 valence electrons. The number of carbonyl (C=O) groups is 1. The van der Waals surface area contributed by atoms with Gasteiger partial charge in [-0.05, 0) is 31.8 Å². The van der Waals surface area contributed by atoms with E-state index in [2.05, 4.69) is 6.92 Å². The van der Waals surface area contributed by atoms with Gasteiger partial charge in [0.25, 0.3) is 0 Å². The molecule has 1 atom stereocenters. The van der Waals surface area contributed by atoms with Gasteiger partial charge in [0, 0.05) is 0 Å². The lowest BCUT2D eigenvalue weighted by Gasteiger charge is -2.16. The molecule has 1 aliphatic rings. The summed E-state index contributed by atoms with van der Waals surface area (Å²) in [5.74, 6) is 0. The first-order valence-electron chi connectivity index (χ1n) is 5.33. The van der Waals surface area contributed by atoms with Crippen molar-refractivity contribution in [2.75, 3.05) is 6.61 Å². The van der Waals surface area contributed by atoms with Crippen LogP contribution < -0.4 is 0 Å². The third-order valence-corrected chi connectivity index (χ3v) is 2.18. The van der Waals surface area contributed by atoms with Gasteiger partial charge in [-0.15, -0.1) is 0 Å². The Morgan fingerprint density at radius 3 is 3.07 bits per heavy atom. The number of allylic oxidation sites excluding steroid dienone is 1. The summed E-state index contributed by atoms with van der Waals surface area (Å²) < 4.78 is 9.98. The number of hydrogen-bond acceptors (Lipinski definition) is 3. The molecule has 0 saturated carbocycles. The van der Waals surface area contributed by atoms with E-state index in [9.17, 15) is 4.79 Å². The molecule has 0 bridgehead atoms. The number of hydrogen-bond donors (Lipinski definition) is 0. The zero-order valence-corrected chi connectivity index (χ0v) is 8.70. The fourth-order valence-corrected chi connectivity index (χ4v) is 1.34. The third-order valence-electron chi connectivity index (χ3n) is 2.18. The molecule has 3 heteroatoms. The molecule has 3 nitrogen and oxygen atoms in total. The van der Waals surface area contributed by atoms with E-state index in [4.69, 9.17) is 9.47 Å². The van der Waals surface area contributed by atoms with Gasteiger partial charge in [-0.25, -0.2) is 4.79 Å². The highest BCUT2D eigenvalue weighted by molar-refractivity contribution is 5.60. The van der Waals surface area contributed by atoms with Crippen LogP contribution in [0.1, 0.15) is 39.0 Å². The van der Waals surface area contributed by atoms with Crippen LogP contribution in [0.25, 0.3) is 0 Å². The van der Waals surface area contributed by atoms with Gasteiger partial charge >= 0.3 is 6.16 Å².